The predicted octanol–water partition coefficient (Wildman–Crippen LogP) is 2.28. The van der Waals surface area contributed by atoms with E-state index in [1.807, 2.05) is 6.07 Å². The van der Waals surface area contributed by atoms with E-state index >= 15 is 0 Å². The van der Waals surface area contributed by atoms with Crippen LogP contribution in [0.25, 0.3) is 0 Å². The number of hydrogen-bond donors (Lipinski definition) is 0. The maximum atomic E-state index is 13.9. The van der Waals surface area contributed by atoms with Crippen molar-refractivity contribution in [3.63, 3.8) is 0 Å². The molecule has 1 atom stereocenters. The number of ether oxygens (including phenoxy) is 3. The van der Waals surface area contributed by atoms with Crippen LogP contribution < -0.4 is 0 Å². The number of rotatable bonds is 5. The van der Waals surface area contributed by atoms with E-state index in [4.69, 9.17) is 23.7 Å². The standard InChI is InChI=1S/C19H24FN3O4/c1-24-19(5-9-25-10-6-19)18-21-17(27-22-18)16(23-7-11-26-12-8-23)14-3-2-4-15(20)13-14/h2-4,13,16H,5-12H2,1H3. The Morgan fingerprint density at radius 1 is 1.15 bits per heavy atom. The third kappa shape index (κ3) is 3.75. The molecule has 7 nitrogen and oxygen atoms in total. The molecule has 2 fully saturated rings. The third-order valence-corrected chi connectivity index (χ3v) is 5.35. The highest BCUT2D eigenvalue weighted by atomic mass is 19.1. The molecule has 0 saturated carbocycles. The average molecular weight is 377 g/mol. The van der Waals surface area contributed by atoms with E-state index in [1.54, 1.807) is 13.2 Å². The molecule has 2 aliphatic heterocycles. The van der Waals surface area contributed by atoms with E-state index in [0.29, 0.717) is 64.1 Å². The lowest BCUT2D eigenvalue weighted by molar-refractivity contribution is -0.101. The Morgan fingerprint density at radius 3 is 2.59 bits per heavy atom. The van der Waals surface area contributed by atoms with E-state index in [0.717, 1.165) is 5.56 Å². The maximum absolute atomic E-state index is 13.9. The second kappa shape index (κ2) is 8.02. The van der Waals surface area contributed by atoms with Gasteiger partial charge in [0.05, 0.1) is 13.2 Å². The highest BCUT2D eigenvalue weighted by Crippen LogP contribution is 2.36. The zero-order chi connectivity index (χ0) is 18.7. The normalized spacial score (nSPS) is 21.9. The van der Waals surface area contributed by atoms with Gasteiger partial charge in [-0.05, 0) is 17.7 Å². The first-order valence-electron chi connectivity index (χ1n) is 9.26. The van der Waals surface area contributed by atoms with Crippen LogP contribution in [0.3, 0.4) is 0 Å². The number of aromatic nitrogens is 2. The monoisotopic (exact) mass is 377 g/mol. The van der Waals surface area contributed by atoms with Crippen molar-refractivity contribution in [2.75, 3.05) is 46.6 Å². The van der Waals surface area contributed by atoms with E-state index in [1.165, 1.54) is 12.1 Å². The van der Waals surface area contributed by atoms with Crippen molar-refractivity contribution >= 4 is 0 Å². The Balaban J connectivity index is 1.69. The Bertz CT molecular complexity index is 757. The van der Waals surface area contributed by atoms with Crippen molar-refractivity contribution in [3.8, 4) is 0 Å². The number of morpholine rings is 1. The number of halogens is 1. The summed E-state index contributed by atoms with van der Waals surface area (Å²) in [5, 5.41) is 4.23. The molecule has 4 rings (SSSR count). The van der Waals surface area contributed by atoms with Gasteiger partial charge in [-0.15, -0.1) is 0 Å². The summed E-state index contributed by atoms with van der Waals surface area (Å²) in [6, 6.07) is 6.21. The minimum absolute atomic E-state index is 0.289. The largest absolute Gasteiger partial charge is 0.381 e. The van der Waals surface area contributed by atoms with Crippen molar-refractivity contribution in [2.24, 2.45) is 0 Å². The van der Waals surface area contributed by atoms with Gasteiger partial charge in [-0.3, -0.25) is 4.90 Å². The van der Waals surface area contributed by atoms with Crippen LogP contribution in [0.1, 0.15) is 36.2 Å². The van der Waals surface area contributed by atoms with Crippen LogP contribution in [0.2, 0.25) is 0 Å². The molecule has 3 heterocycles. The molecule has 8 heteroatoms. The van der Waals surface area contributed by atoms with Gasteiger partial charge in [0.15, 0.2) is 0 Å². The maximum Gasteiger partial charge on any atom is 0.248 e. The van der Waals surface area contributed by atoms with Gasteiger partial charge in [0, 0.05) is 46.3 Å². The minimum atomic E-state index is -0.600. The molecular formula is C19H24FN3O4. The Labute approximate surface area is 157 Å². The van der Waals surface area contributed by atoms with Crippen molar-refractivity contribution < 1.29 is 23.1 Å². The SMILES string of the molecule is COC1(c2noc(C(c3cccc(F)c3)N3CCOCC3)n2)CCOCC1. The molecule has 1 aromatic heterocycles. The predicted molar refractivity (Wildman–Crippen MR) is 93.7 cm³/mol. The van der Waals surface area contributed by atoms with Gasteiger partial charge in [-0.25, -0.2) is 4.39 Å². The average Bonchev–Trinajstić information content (AvgIpc) is 3.20. The third-order valence-electron chi connectivity index (χ3n) is 5.35. The molecule has 27 heavy (non-hydrogen) atoms. The summed E-state index contributed by atoms with van der Waals surface area (Å²) in [5.74, 6) is 0.682. The topological polar surface area (TPSA) is 69.9 Å². The molecule has 0 N–H and O–H groups in total. The number of methoxy groups -OCH3 is 1. The van der Waals surface area contributed by atoms with Crippen LogP contribution in [0.15, 0.2) is 28.8 Å². The van der Waals surface area contributed by atoms with Gasteiger partial charge in [-0.1, -0.05) is 17.3 Å². The molecule has 146 valence electrons. The molecule has 0 amide bonds. The fourth-order valence-corrected chi connectivity index (χ4v) is 3.77. The minimum Gasteiger partial charge on any atom is -0.381 e. The lowest BCUT2D eigenvalue weighted by atomic mass is 9.93. The summed E-state index contributed by atoms with van der Waals surface area (Å²) in [4.78, 5) is 6.87. The summed E-state index contributed by atoms with van der Waals surface area (Å²) in [7, 11) is 1.66. The molecule has 0 aliphatic carbocycles. The Morgan fingerprint density at radius 2 is 1.89 bits per heavy atom. The fourth-order valence-electron chi connectivity index (χ4n) is 3.77. The van der Waals surface area contributed by atoms with Crippen LogP contribution in [-0.4, -0.2) is 61.7 Å². The molecule has 2 saturated heterocycles. The molecule has 1 unspecified atom stereocenters. The summed E-state index contributed by atoms with van der Waals surface area (Å²) >= 11 is 0. The van der Waals surface area contributed by atoms with Crippen molar-refractivity contribution in [2.45, 2.75) is 24.5 Å². The van der Waals surface area contributed by atoms with Crippen molar-refractivity contribution in [1.29, 1.82) is 0 Å². The summed E-state index contributed by atoms with van der Waals surface area (Å²) in [6.45, 7) is 3.84. The lowest BCUT2D eigenvalue weighted by Crippen LogP contribution is -2.40. The quantitative estimate of drug-likeness (QED) is 0.792. The number of nitrogens with zero attached hydrogens (tertiary/aromatic N) is 3. The van der Waals surface area contributed by atoms with Gasteiger partial charge >= 0.3 is 0 Å². The summed E-state index contributed by atoms with van der Waals surface area (Å²) < 4.78 is 36.2. The summed E-state index contributed by atoms with van der Waals surface area (Å²) in [5.41, 5.74) is 0.183. The highest BCUT2D eigenvalue weighted by Gasteiger charge is 2.40. The molecule has 0 radical (unpaired) electrons. The van der Waals surface area contributed by atoms with Gasteiger partial charge in [0.25, 0.3) is 0 Å². The molecule has 0 spiro atoms. The Kier molecular flexibility index (Phi) is 5.49. The smallest absolute Gasteiger partial charge is 0.248 e. The molecule has 2 aliphatic rings. The van der Waals surface area contributed by atoms with Gasteiger partial charge in [0.1, 0.15) is 17.5 Å². The zero-order valence-electron chi connectivity index (χ0n) is 15.4. The second-order valence-corrected chi connectivity index (χ2v) is 6.87. The van der Waals surface area contributed by atoms with E-state index in [-0.39, 0.29) is 11.9 Å². The van der Waals surface area contributed by atoms with Crippen molar-refractivity contribution in [1.82, 2.24) is 15.0 Å². The van der Waals surface area contributed by atoms with Crippen LogP contribution >= 0.6 is 0 Å². The lowest BCUT2D eigenvalue weighted by Gasteiger charge is -2.33. The Hall–Kier alpha value is -1.87. The highest BCUT2D eigenvalue weighted by molar-refractivity contribution is 5.25. The van der Waals surface area contributed by atoms with Crippen molar-refractivity contribution in [3.05, 3.63) is 47.4 Å². The molecular weight excluding hydrogens is 353 g/mol. The van der Waals surface area contributed by atoms with E-state index in [9.17, 15) is 4.39 Å². The molecule has 1 aromatic carbocycles. The van der Waals surface area contributed by atoms with Gasteiger partial charge in [0.2, 0.25) is 11.7 Å². The number of hydrogen-bond acceptors (Lipinski definition) is 7. The molecule has 2 aromatic rings. The second-order valence-electron chi connectivity index (χ2n) is 6.87. The fraction of sp³-hybridized carbons (Fsp3) is 0.579. The van der Waals surface area contributed by atoms with Gasteiger partial charge < -0.3 is 18.7 Å². The number of benzene rings is 1. The summed E-state index contributed by atoms with van der Waals surface area (Å²) in [6.07, 6.45) is 1.34. The van der Waals surface area contributed by atoms with Crippen LogP contribution in [0, 0.1) is 5.82 Å². The van der Waals surface area contributed by atoms with Crippen LogP contribution in [0.4, 0.5) is 4.39 Å². The van der Waals surface area contributed by atoms with Gasteiger partial charge in [-0.2, -0.15) is 4.98 Å². The molecule has 0 bridgehead atoms. The first-order chi connectivity index (χ1) is 13.2. The first kappa shape index (κ1) is 18.5. The van der Waals surface area contributed by atoms with Crippen LogP contribution in [-0.2, 0) is 19.8 Å². The first-order valence-corrected chi connectivity index (χ1v) is 9.26. The van der Waals surface area contributed by atoms with E-state index in [2.05, 4.69) is 10.1 Å². The van der Waals surface area contributed by atoms with E-state index < -0.39 is 5.60 Å². The zero-order valence-corrected chi connectivity index (χ0v) is 15.4. The van der Waals surface area contributed by atoms with Crippen LogP contribution in [0.5, 0.6) is 0 Å².